The SMILES string of the molecule is COc1ccc(C(CNC(=O)C(=O)NCCc2c[nH]c3ccccc23)N2CCN(C)CC2)cc1. The van der Waals surface area contributed by atoms with Crippen LogP contribution < -0.4 is 15.4 Å². The number of benzene rings is 2. The van der Waals surface area contributed by atoms with E-state index in [0.29, 0.717) is 19.5 Å². The lowest BCUT2D eigenvalue weighted by Crippen LogP contribution is -2.49. The van der Waals surface area contributed by atoms with Gasteiger partial charge in [0.25, 0.3) is 0 Å². The molecule has 4 rings (SSSR count). The second-order valence-electron chi connectivity index (χ2n) is 8.70. The van der Waals surface area contributed by atoms with E-state index in [1.165, 1.54) is 0 Å². The third-order valence-corrected chi connectivity index (χ3v) is 6.50. The Morgan fingerprint density at radius 2 is 1.71 bits per heavy atom. The Bertz CT molecular complexity index is 1100. The normalized spacial score (nSPS) is 15.7. The number of carbonyl (C=O) groups excluding carboxylic acids is 2. The van der Waals surface area contributed by atoms with Crippen molar-refractivity contribution in [3.8, 4) is 5.75 Å². The predicted molar refractivity (Wildman–Crippen MR) is 133 cm³/mol. The maximum atomic E-state index is 12.5. The van der Waals surface area contributed by atoms with Gasteiger partial charge in [0.05, 0.1) is 13.2 Å². The molecular weight excluding hydrogens is 430 g/mol. The van der Waals surface area contributed by atoms with Crippen LogP contribution in [-0.4, -0.2) is 80.0 Å². The number of nitrogens with one attached hydrogen (secondary N) is 3. The summed E-state index contributed by atoms with van der Waals surface area (Å²) in [6, 6.07) is 15.9. The molecule has 8 nitrogen and oxygen atoms in total. The van der Waals surface area contributed by atoms with Crippen molar-refractivity contribution in [2.75, 3.05) is 53.4 Å². The molecule has 180 valence electrons. The van der Waals surface area contributed by atoms with E-state index in [-0.39, 0.29) is 6.04 Å². The molecule has 1 unspecified atom stereocenters. The summed E-state index contributed by atoms with van der Waals surface area (Å²) in [6.07, 6.45) is 2.60. The van der Waals surface area contributed by atoms with Gasteiger partial charge in [-0.2, -0.15) is 0 Å². The standard InChI is InChI=1S/C26H33N5O3/c1-30-13-15-31(16-14-30)24(19-7-9-21(34-2)10-8-19)18-29-26(33)25(32)27-12-11-20-17-28-23-6-4-3-5-22(20)23/h3-10,17,24,28H,11-16,18H2,1-2H3,(H,27,32)(H,29,33). The second kappa shape index (κ2) is 11.2. The lowest BCUT2D eigenvalue weighted by molar-refractivity contribution is -0.139. The average molecular weight is 464 g/mol. The number of amides is 2. The van der Waals surface area contributed by atoms with Gasteiger partial charge >= 0.3 is 11.8 Å². The zero-order valence-corrected chi connectivity index (χ0v) is 19.8. The molecule has 0 radical (unpaired) electrons. The van der Waals surface area contributed by atoms with Crippen LogP contribution in [0.25, 0.3) is 10.9 Å². The van der Waals surface area contributed by atoms with Gasteiger partial charge in [0.1, 0.15) is 5.75 Å². The van der Waals surface area contributed by atoms with Crippen LogP contribution in [0.15, 0.2) is 54.7 Å². The minimum Gasteiger partial charge on any atom is -0.497 e. The van der Waals surface area contributed by atoms with E-state index in [4.69, 9.17) is 4.74 Å². The summed E-state index contributed by atoms with van der Waals surface area (Å²) in [6.45, 7) is 4.50. The van der Waals surface area contributed by atoms with Gasteiger partial charge in [-0.25, -0.2) is 0 Å². The number of methoxy groups -OCH3 is 1. The first-order valence-corrected chi connectivity index (χ1v) is 11.7. The van der Waals surface area contributed by atoms with Crippen LogP contribution in [0.3, 0.4) is 0 Å². The first-order chi connectivity index (χ1) is 16.5. The molecule has 0 spiro atoms. The van der Waals surface area contributed by atoms with Gasteiger partial charge in [0.2, 0.25) is 0 Å². The van der Waals surface area contributed by atoms with Gasteiger partial charge in [-0.05, 0) is 42.8 Å². The summed E-state index contributed by atoms with van der Waals surface area (Å²) in [7, 11) is 3.76. The van der Waals surface area contributed by atoms with Crippen LogP contribution in [0, 0.1) is 0 Å². The fraction of sp³-hybridized carbons (Fsp3) is 0.385. The number of fused-ring (bicyclic) bond motifs is 1. The number of para-hydroxylation sites is 1. The van der Waals surface area contributed by atoms with Crippen molar-refractivity contribution >= 4 is 22.7 Å². The summed E-state index contributed by atoms with van der Waals surface area (Å²) in [5, 5.41) is 6.73. The zero-order valence-electron chi connectivity index (χ0n) is 19.8. The Morgan fingerprint density at radius 1 is 1.00 bits per heavy atom. The molecular formula is C26H33N5O3. The van der Waals surface area contributed by atoms with Gasteiger partial charge in [-0.15, -0.1) is 0 Å². The number of H-pyrrole nitrogens is 1. The molecule has 2 aromatic carbocycles. The van der Waals surface area contributed by atoms with Crippen LogP contribution >= 0.6 is 0 Å². The minimum atomic E-state index is -0.605. The smallest absolute Gasteiger partial charge is 0.309 e. The average Bonchev–Trinajstić information content (AvgIpc) is 3.28. The highest BCUT2D eigenvalue weighted by Crippen LogP contribution is 2.24. The molecule has 0 bridgehead atoms. The fourth-order valence-corrected chi connectivity index (χ4v) is 4.42. The van der Waals surface area contributed by atoms with E-state index in [9.17, 15) is 9.59 Å². The lowest BCUT2D eigenvalue weighted by atomic mass is 10.0. The fourth-order valence-electron chi connectivity index (χ4n) is 4.42. The number of ether oxygens (including phenoxy) is 1. The largest absolute Gasteiger partial charge is 0.497 e. The highest BCUT2D eigenvalue weighted by Gasteiger charge is 2.25. The number of carbonyl (C=O) groups is 2. The van der Waals surface area contributed by atoms with E-state index < -0.39 is 11.8 Å². The van der Waals surface area contributed by atoms with E-state index in [1.807, 2.05) is 54.7 Å². The Hall–Kier alpha value is -3.36. The van der Waals surface area contributed by atoms with E-state index in [1.54, 1.807) is 7.11 Å². The Labute approximate surface area is 200 Å². The molecule has 0 aliphatic carbocycles. The summed E-state index contributed by atoms with van der Waals surface area (Å²) >= 11 is 0. The van der Waals surface area contributed by atoms with Crippen molar-refractivity contribution in [1.82, 2.24) is 25.4 Å². The summed E-state index contributed by atoms with van der Waals surface area (Å²) < 4.78 is 5.28. The van der Waals surface area contributed by atoms with Crippen LogP contribution in [0.4, 0.5) is 0 Å². The third-order valence-electron chi connectivity index (χ3n) is 6.50. The number of rotatable bonds is 8. The molecule has 2 amide bonds. The van der Waals surface area contributed by atoms with Gasteiger partial charge in [-0.1, -0.05) is 30.3 Å². The molecule has 1 saturated heterocycles. The molecule has 1 aliphatic heterocycles. The van der Waals surface area contributed by atoms with Crippen molar-refractivity contribution in [3.05, 3.63) is 65.9 Å². The first kappa shape index (κ1) is 23.8. The molecule has 0 saturated carbocycles. The van der Waals surface area contributed by atoms with Crippen LogP contribution in [0.1, 0.15) is 17.2 Å². The number of aromatic amines is 1. The number of aromatic nitrogens is 1. The predicted octanol–water partition coefficient (Wildman–Crippen LogP) is 1.94. The molecule has 1 atom stereocenters. The Balaban J connectivity index is 1.32. The van der Waals surface area contributed by atoms with E-state index in [2.05, 4.69) is 32.5 Å². The second-order valence-corrected chi connectivity index (χ2v) is 8.70. The lowest BCUT2D eigenvalue weighted by Gasteiger charge is -2.38. The first-order valence-electron chi connectivity index (χ1n) is 11.7. The summed E-state index contributed by atoms with van der Waals surface area (Å²) in [5.74, 6) is -0.419. The molecule has 3 N–H and O–H groups in total. The Kier molecular flexibility index (Phi) is 7.82. The third kappa shape index (κ3) is 5.76. The van der Waals surface area contributed by atoms with Crippen molar-refractivity contribution in [1.29, 1.82) is 0 Å². The van der Waals surface area contributed by atoms with Crippen molar-refractivity contribution in [2.45, 2.75) is 12.5 Å². The molecule has 2 heterocycles. The number of hydrogen-bond donors (Lipinski definition) is 3. The highest BCUT2D eigenvalue weighted by atomic mass is 16.5. The maximum absolute atomic E-state index is 12.5. The summed E-state index contributed by atoms with van der Waals surface area (Å²) in [5.41, 5.74) is 3.27. The van der Waals surface area contributed by atoms with Crippen LogP contribution in [-0.2, 0) is 16.0 Å². The maximum Gasteiger partial charge on any atom is 0.309 e. The van der Waals surface area contributed by atoms with Gasteiger partial charge in [-0.3, -0.25) is 14.5 Å². The molecule has 3 aromatic rings. The molecule has 34 heavy (non-hydrogen) atoms. The topological polar surface area (TPSA) is 89.7 Å². The van der Waals surface area contributed by atoms with Crippen LogP contribution in [0.5, 0.6) is 5.75 Å². The van der Waals surface area contributed by atoms with Crippen LogP contribution in [0.2, 0.25) is 0 Å². The van der Waals surface area contributed by atoms with E-state index >= 15 is 0 Å². The highest BCUT2D eigenvalue weighted by molar-refractivity contribution is 6.35. The number of likely N-dealkylation sites (N-methyl/N-ethyl adjacent to an activating group) is 1. The van der Waals surface area contributed by atoms with E-state index in [0.717, 1.165) is 54.0 Å². The summed E-state index contributed by atoms with van der Waals surface area (Å²) in [4.78, 5) is 32.8. The Morgan fingerprint density at radius 3 is 2.44 bits per heavy atom. The molecule has 1 aliphatic rings. The van der Waals surface area contributed by atoms with Gasteiger partial charge in [0, 0.05) is 56.4 Å². The molecule has 1 aromatic heterocycles. The number of piperazine rings is 1. The number of nitrogens with zero attached hydrogens (tertiary/aromatic N) is 2. The number of hydrogen-bond acceptors (Lipinski definition) is 5. The van der Waals surface area contributed by atoms with Crippen molar-refractivity contribution in [3.63, 3.8) is 0 Å². The zero-order chi connectivity index (χ0) is 23.9. The van der Waals surface area contributed by atoms with Crippen molar-refractivity contribution < 1.29 is 14.3 Å². The molecule has 8 heteroatoms. The monoisotopic (exact) mass is 463 g/mol. The van der Waals surface area contributed by atoms with Crippen molar-refractivity contribution in [2.24, 2.45) is 0 Å². The van der Waals surface area contributed by atoms with Gasteiger partial charge in [0.15, 0.2) is 0 Å². The minimum absolute atomic E-state index is 0.0115. The van der Waals surface area contributed by atoms with Gasteiger partial charge < -0.3 is 25.3 Å². The molecule has 1 fully saturated rings. The quantitative estimate of drug-likeness (QED) is 0.445.